The first-order valence-corrected chi connectivity index (χ1v) is 8.59. The zero-order valence-electron chi connectivity index (χ0n) is 14.4. The SMILES string of the molecule is Fc1ccc(-c2nn(-c3cccc(F)c3)c3c2cnc2ccc(F)cc23)cc1. The normalized spacial score (nSPS) is 11.4. The van der Waals surface area contributed by atoms with Gasteiger partial charge in [0.25, 0.3) is 0 Å². The predicted molar refractivity (Wildman–Crippen MR) is 102 cm³/mol. The third-order valence-corrected chi connectivity index (χ3v) is 4.64. The molecule has 0 amide bonds. The minimum absolute atomic E-state index is 0.358. The Hall–Kier alpha value is -3.67. The van der Waals surface area contributed by atoms with E-state index >= 15 is 0 Å². The van der Waals surface area contributed by atoms with E-state index < -0.39 is 11.6 Å². The van der Waals surface area contributed by atoms with Crippen LogP contribution >= 0.6 is 0 Å². The molecule has 0 spiro atoms. The van der Waals surface area contributed by atoms with Gasteiger partial charge in [-0.3, -0.25) is 4.98 Å². The number of hydrogen-bond acceptors (Lipinski definition) is 2. The lowest BCUT2D eigenvalue weighted by Crippen LogP contribution is -1.98. The van der Waals surface area contributed by atoms with E-state index in [0.717, 1.165) is 0 Å². The van der Waals surface area contributed by atoms with Crippen LogP contribution < -0.4 is 0 Å². The molecule has 0 radical (unpaired) electrons. The quantitative estimate of drug-likeness (QED) is 0.399. The van der Waals surface area contributed by atoms with Crippen molar-refractivity contribution >= 4 is 21.8 Å². The Morgan fingerprint density at radius 3 is 2.25 bits per heavy atom. The van der Waals surface area contributed by atoms with Crippen LogP contribution in [-0.4, -0.2) is 14.8 Å². The average molecular weight is 375 g/mol. The summed E-state index contributed by atoms with van der Waals surface area (Å²) >= 11 is 0. The molecule has 28 heavy (non-hydrogen) atoms. The summed E-state index contributed by atoms with van der Waals surface area (Å²) in [6.07, 6.45) is 1.65. The zero-order valence-corrected chi connectivity index (χ0v) is 14.4. The van der Waals surface area contributed by atoms with Crippen molar-refractivity contribution in [3.63, 3.8) is 0 Å². The van der Waals surface area contributed by atoms with Gasteiger partial charge in [0.1, 0.15) is 23.1 Å². The van der Waals surface area contributed by atoms with Crippen LogP contribution in [0.1, 0.15) is 0 Å². The monoisotopic (exact) mass is 375 g/mol. The topological polar surface area (TPSA) is 30.7 Å². The van der Waals surface area contributed by atoms with Crippen molar-refractivity contribution in [1.82, 2.24) is 14.8 Å². The Kier molecular flexibility index (Phi) is 3.65. The molecule has 5 rings (SSSR count). The molecule has 0 bridgehead atoms. The molecule has 0 aliphatic carbocycles. The number of fused-ring (bicyclic) bond motifs is 3. The molecule has 0 aliphatic heterocycles. The summed E-state index contributed by atoms with van der Waals surface area (Å²) in [4.78, 5) is 4.41. The highest BCUT2D eigenvalue weighted by Gasteiger charge is 2.17. The molecule has 5 aromatic rings. The van der Waals surface area contributed by atoms with E-state index in [0.29, 0.717) is 38.8 Å². The molecule has 0 aliphatic rings. The number of halogens is 3. The molecule has 136 valence electrons. The fraction of sp³-hybridized carbons (Fsp3) is 0. The fourth-order valence-corrected chi connectivity index (χ4v) is 3.37. The number of nitrogens with zero attached hydrogens (tertiary/aromatic N) is 3. The summed E-state index contributed by atoms with van der Waals surface area (Å²) in [7, 11) is 0. The van der Waals surface area contributed by atoms with Crippen molar-refractivity contribution in [1.29, 1.82) is 0 Å². The van der Waals surface area contributed by atoms with Crippen LogP contribution in [0.3, 0.4) is 0 Å². The van der Waals surface area contributed by atoms with Gasteiger partial charge in [0.05, 0.1) is 16.7 Å². The van der Waals surface area contributed by atoms with Crippen LogP contribution in [-0.2, 0) is 0 Å². The number of hydrogen-bond donors (Lipinski definition) is 0. The minimum atomic E-state index is -0.408. The lowest BCUT2D eigenvalue weighted by Gasteiger charge is -2.06. The van der Waals surface area contributed by atoms with Crippen molar-refractivity contribution in [3.8, 4) is 16.9 Å². The molecule has 2 heterocycles. The maximum atomic E-state index is 14.0. The van der Waals surface area contributed by atoms with Gasteiger partial charge in [0.2, 0.25) is 0 Å². The summed E-state index contributed by atoms with van der Waals surface area (Å²) in [5.74, 6) is -1.17. The van der Waals surface area contributed by atoms with Crippen molar-refractivity contribution in [2.24, 2.45) is 0 Å². The van der Waals surface area contributed by atoms with E-state index in [9.17, 15) is 13.2 Å². The molecule has 6 heteroatoms. The minimum Gasteiger partial charge on any atom is -0.255 e. The summed E-state index contributed by atoms with van der Waals surface area (Å²) in [5, 5.41) is 5.86. The van der Waals surface area contributed by atoms with Gasteiger partial charge in [0, 0.05) is 22.5 Å². The Bertz CT molecular complexity index is 1340. The van der Waals surface area contributed by atoms with Crippen molar-refractivity contribution in [2.75, 3.05) is 0 Å². The summed E-state index contributed by atoms with van der Waals surface area (Å²) in [6.45, 7) is 0. The molecule has 3 aromatic carbocycles. The molecule has 0 fully saturated rings. The van der Waals surface area contributed by atoms with Gasteiger partial charge in [-0.25, -0.2) is 17.9 Å². The largest absolute Gasteiger partial charge is 0.255 e. The van der Waals surface area contributed by atoms with Crippen LogP contribution in [0.2, 0.25) is 0 Å². The lowest BCUT2D eigenvalue weighted by molar-refractivity contribution is 0.625. The first kappa shape index (κ1) is 16.5. The lowest BCUT2D eigenvalue weighted by atomic mass is 10.1. The average Bonchev–Trinajstić information content (AvgIpc) is 3.09. The number of aromatic nitrogens is 3. The smallest absolute Gasteiger partial charge is 0.125 e. The summed E-state index contributed by atoms with van der Waals surface area (Å²) in [5.41, 5.74) is 2.93. The van der Waals surface area contributed by atoms with Crippen molar-refractivity contribution in [2.45, 2.75) is 0 Å². The van der Waals surface area contributed by atoms with Crippen molar-refractivity contribution < 1.29 is 13.2 Å². The van der Waals surface area contributed by atoms with Gasteiger partial charge >= 0.3 is 0 Å². The number of benzene rings is 3. The third-order valence-electron chi connectivity index (χ3n) is 4.64. The third kappa shape index (κ3) is 2.62. The van der Waals surface area contributed by atoms with E-state index in [1.165, 1.54) is 36.4 Å². The van der Waals surface area contributed by atoms with Crippen LogP contribution in [0.4, 0.5) is 13.2 Å². The number of pyridine rings is 1. The molecule has 3 nitrogen and oxygen atoms in total. The number of rotatable bonds is 2. The van der Waals surface area contributed by atoms with Crippen LogP contribution in [0, 0.1) is 17.5 Å². The van der Waals surface area contributed by atoms with Crippen LogP contribution in [0.5, 0.6) is 0 Å². The molecular formula is C22H12F3N3. The predicted octanol–water partition coefficient (Wildman–Crippen LogP) is 5.66. The van der Waals surface area contributed by atoms with Crippen LogP contribution in [0.15, 0.2) is 72.9 Å². The highest BCUT2D eigenvalue weighted by atomic mass is 19.1. The van der Waals surface area contributed by atoms with E-state index in [2.05, 4.69) is 10.1 Å². The van der Waals surface area contributed by atoms with Gasteiger partial charge < -0.3 is 0 Å². The van der Waals surface area contributed by atoms with Gasteiger partial charge in [-0.05, 0) is 60.7 Å². The second-order valence-electron chi connectivity index (χ2n) is 6.43. The molecule has 2 aromatic heterocycles. The molecular weight excluding hydrogens is 363 g/mol. The Balaban J connectivity index is 1.91. The second kappa shape index (κ2) is 6.20. The van der Waals surface area contributed by atoms with Crippen LogP contribution in [0.25, 0.3) is 38.8 Å². The maximum Gasteiger partial charge on any atom is 0.125 e. The van der Waals surface area contributed by atoms with Gasteiger partial charge in [-0.1, -0.05) is 6.07 Å². The van der Waals surface area contributed by atoms with Crippen molar-refractivity contribution in [3.05, 3.63) is 90.4 Å². The highest BCUT2D eigenvalue weighted by Crippen LogP contribution is 2.34. The highest BCUT2D eigenvalue weighted by molar-refractivity contribution is 6.08. The summed E-state index contributed by atoms with van der Waals surface area (Å²) in [6, 6.07) is 16.2. The van der Waals surface area contributed by atoms with Gasteiger partial charge in [-0.15, -0.1) is 0 Å². The molecule has 0 unspecified atom stereocenters. The molecule has 0 saturated carbocycles. The first-order chi connectivity index (χ1) is 13.6. The summed E-state index contributed by atoms with van der Waals surface area (Å²) < 4.78 is 42.8. The first-order valence-electron chi connectivity index (χ1n) is 8.59. The van der Waals surface area contributed by atoms with Gasteiger partial charge in [-0.2, -0.15) is 5.10 Å². The molecule has 0 saturated heterocycles. The standard InChI is InChI=1S/C22H12F3N3/c23-14-6-4-13(5-7-14)21-19-12-26-20-9-8-16(25)11-18(20)22(19)28(27-21)17-3-1-2-15(24)10-17/h1-12H. The van der Waals surface area contributed by atoms with E-state index in [1.54, 1.807) is 41.2 Å². The second-order valence-corrected chi connectivity index (χ2v) is 6.43. The molecule has 0 N–H and O–H groups in total. The van der Waals surface area contributed by atoms with E-state index in [-0.39, 0.29) is 5.82 Å². The van der Waals surface area contributed by atoms with E-state index in [1.807, 2.05) is 0 Å². The zero-order chi connectivity index (χ0) is 19.3. The maximum absolute atomic E-state index is 14.0. The Labute approximate surface area is 157 Å². The molecule has 0 atom stereocenters. The van der Waals surface area contributed by atoms with Gasteiger partial charge in [0.15, 0.2) is 0 Å². The Morgan fingerprint density at radius 2 is 1.46 bits per heavy atom. The Morgan fingerprint density at radius 1 is 0.714 bits per heavy atom. The van der Waals surface area contributed by atoms with E-state index in [4.69, 9.17) is 0 Å². The fourth-order valence-electron chi connectivity index (χ4n) is 3.37.